The van der Waals surface area contributed by atoms with Crippen molar-refractivity contribution in [1.29, 1.82) is 0 Å². The molecule has 0 spiro atoms. The highest BCUT2D eigenvalue weighted by molar-refractivity contribution is 9.09. The minimum Gasteiger partial charge on any atom is -0.338 e. The summed E-state index contributed by atoms with van der Waals surface area (Å²) in [5, 5.41) is 1.08. The summed E-state index contributed by atoms with van der Waals surface area (Å²) < 4.78 is 2.09. The molecular weight excluding hydrogens is 216 g/mol. The second kappa shape index (κ2) is 4.65. The summed E-state index contributed by atoms with van der Waals surface area (Å²) >= 11 is 3.52. The van der Waals surface area contributed by atoms with Crippen LogP contribution in [0.2, 0.25) is 0 Å². The van der Waals surface area contributed by atoms with Crippen LogP contribution in [0.5, 0.6) is 0 Å². The molecular formula is C9H15BrN2. The summed E-state index contributed by atoms with van der Waals surface area (Å²) in [5.41, 5.74) is 1.32. The summed E-state index contributed by atoms with van der Waals surface area (Å²) in [6.45, 7) is 2.22. The Morgan fingerprint density at radius 3 is 2.83 bits per heavy atom. The maximum absolute atomic E-state index is 4.09. The largest absolute Gasteiger partial charge is 0.338 e. The number of nitrogens with zero attached hydrogens (tertiary/aromatic N) is 2. The summed E-state index contributed by atoms with van der Waals surface area (Å²) in [6, 6.07) is 0. The molecule has 0 saturated carbocycles. The van der Waals surface area contributed by atoms with E-state index in [-0.39, 0.29) is 0 Å². The summed E-state index contributed by atoms with van der Waals surface area (Å²) in [4.78, 5) is 4.09. The van der Waals surface area contributed by atoms with E-state index >= 15 is 0 Å². The van der Waals surface area contributed by atoms with Crippen molar-refractivity contribution in [3.8, 4) is 0 Å². The summed E-state index contributed by atoms with van der Waals surface area (Å²) in [7, 11) is 2.04. The van der Waals surface area contributed by atoms with Crippen LogP contribution in [0, 0.1) is 5.92 Å². The fraction of sp³-hybridized carbons (Fsp3) is 0.667. The monoisotopic (exact) mass is 230 g/mol. The van der Waals surface area contributed by atoms with Gasteiger partial charge in [0.2, 0.25) is 0 Å². The Kier molecular flexibility index (Phi) is 3.79. The van der Waals surface area contributed by atoms with E-state index in [0.29, 0.717) is 0 Å². The number of aromatic nitrogens is 2. The maximum Gasteiger partial charge on any atom is 0.0945 e. The van der Waals surface area contributed by atoms with Crippen molar-refractivity contribution >= 4 is 15.9 Å². The molecule has 0 aliphatic rings. The molecule has 2 nitrogen and oxygen atoms in total. The van der Waals surface area contributed by atoms with Crippen LogP contribution in [0.3, 0.4) is 0 Å². The molecule has 0 N–H and O–H groups in total. The van der Waals surface area contributed by atoms with E-state index in [1.54, 1.807) is 0 Å². The molecule has 1 aromatic rings. The zero-order chi connectivity index (χ0) is 8.97. The molecule has 0 fully saturated rings. The molecule has 0 saturated heterocycles. The number of aryl methyl sites for hydroxylation is 1. The predicted octanol–water partition coefficient (Wildman–Crippen LogP) is 2.38. The van der Waals surface area contributed by atoms with Gasteiger partial charge in [0.1, 0.15) is 0 Å². The van der Waals surface area contributed by atoms with Crippen molar-refractivity contribution in [3.63, 3.8) is 0 Å². The van der Waals surface area contributed by atoms with E-state index < -0.39 is 0 Å². The van der Waals surface area contributed by atoms with Crippen molar-refractivity contribution in [2.45, 2.75) is 19.8 Å². The van der Waals surface area contributed by atoms with Gasteiger partial charge in [-0.1, -0.05) is 29.3 Å². The van der Waals surface area contributed by atoms with Gasteiger partial charge in [-0.25, -0.2) is 4.98 Å². The molecule has 0 bridgehead atoms. The molecule has 1 aromatic heterocycles. The lowest BCUT2D eigenvalue weighted by Crippen LogP contribution is -2.07. The third-order valence-corrected chi connectivity index (χ3v) is 3.13. The number of hydrogen-bond donors (Lipinski definition) is 0. The van der Waals surface area contributed by atoms with Crippen molar-refractivity contribution in [2.24, 2.45) is 13.0 Å². The first-order valence-electron chi connectivity index (χ1n) is 4.29. The van der Waals surface area contributed by atoms with E-state index in [4.69, 9.17) is 0 Å². The van der Waals surface area contributed by atoms with Crippen LogP contribution in [0.15, 0.2) is 12.5 Å². The molecule has 0 radical (unpaired) electrons. The molecule has 1 unspecified atom stereocenters. The van der Waals surface area contributed by atoms with Crippen LogP contribution < -0.4 is 0 Å². The van der Waals surface area contributed by atoms with Crippen molar-refractivity contribution in [3.05, 3.63) is 18.2 Å². The highest BCUT2D eigenvalue weighted by Crippen LogP contribution is 2.13. The topological polar surface area (TPSA) is 17.8 Å². The number of halogens is 1. The standard InChI is InChI=1S/C9H15BrN2/c1-3-8(5-10)4-9-6-11-7-12(9)2/h6-8H,3-5H2,1-2H3. The van der Waals surface area contributed by atoms with Crippen molar-refractivity contribution in [2.75, 3.05) is 5.33 Å². The normalized spacial score (nSPS) is 13.2. The van der Waals surface area contributed by atoms with Gasteiger partial charge in [-0.3, -0.25) is 0 Å². The molecule has 1 rings (SSSR count). The average Bonchev–Trinajstić information content (AvgIpc) is 2.47. The third kappa shape index (κ3) is 2.34. The Morgan fingerprint density at radius 2 is 2.42 bits per heavy atom. The van der Waals surface area contributed by atoms with E-state index in [0.717, 1.165) is 17.7 Å². The van der Waals surface area contributed by atoms with Crippen molar-refractivity contribution < 1.29 is 0 Å². The molecule has 1 heterocycles. The maximum atomic E-state index is 4.09. The smallest absolute Gasteiger partial charge is 0.0945 e. The minimum absolute atomic E-state index is 0.736. The molecule has 0 aromatic carbocycles. The van der Waals surface area contributed by atoms with Gasteiger partial charge < -0.3 is 4.57 Å². The molecule has 0 aliphatic carbocycles. The van der Waals surface area contributed by atoms with Crippen LogP contribution >= 0.6 is 15.9 Å². The van der Waals surface area contributed by atoms with Crippen LogP contribution in [-0.4, -0.2) is 14.9 Å². The zero-order valence-electron chi connectivity index (χ0n) is 7.63. The van der Waals surface area contributed by atoms with Gasteiger partial charge in [-0.2, -0.15) is 0 Å². The van der Waals surface area contributed by atoms with E-state index in [2.05, 4.69) is 32.4 Å². The average molecular weight is 231 g/mol. The number of rotatable bonds is 4. The van der Waals surface area contributed by atoms with Gasteiger partial charge in [-0.15, -0.1) is 0 Å². The Hall–Kier alpha value is -0.310. The number of imidazole rings is 1. The van der Waals surface area contributed by atoms with Gasteiger partial charge in [0.05, 0.1) is 6.33 Å². The predicted molar refractivity (Wildman–Crippen MR) is 54.5 cm³/mol. The van der Waals surface area contributed by atoms with Gasteiger partial charge in [-0.05, 0) is 12.3 Å². The fourth-order valence-corrected chi connectivity index (χ4v) is 1.87. The van der Waals surface area contributed by atoms with Crippen LogP contribution in [0.25, 0.3) is 0 Å². The summed E-state index contributed by atoms with van der Waals surface area (Å²) in [5.74, 6) is 0.736. The lowest BCUT2D eigenvalue weighted by molar-refractivity contribution is 0.554. The molecule has 0 amide bonds. The second-order valence-electron chi connectivity index (χ2n) is 3.13. The van der Waals surface area contributed by atoms with Crippen LogP contribution in [-0.2, 0) is 13.5 Å². The molecule has 1 atom stereocenters. The fourth-order valence-electron chi connectivity index (χ4n) is 1.19. The first-order valence-corrected chi connectivity index (χ1v) is 5.41. The highest BCUT2D eigenvalue weighted by Gasteiger charge is 2.07. The van der Waals surface area contributed by atoms with E-state index in [1.807, 2.05) is 19.6 Å². The third-order valence-electron chi connectivity index (χ3n) is 2.21. The number of alkyl halides is 1. The first kappa shape index (κ1) is 9.78. The highest BCUT2D eigenvalue weighted by atomic mass is 79.9. The number of hydrogen-bond acceptors (Lipinski definition) is 1. The lowest BCUT2D eigenvalue weighted by Gasteiger charge is -2.10. The van der Waals surface area contributed by atoms with Crippen LogP contribution in [0.1, 0.15) is 19.0 Å². The molecule has 3 heteroatoms. The Morgan fingerprint density at radius 1 is 1.67 bits per heavy atom. The summed E-state index contributed by atoms with van der Waals surface area (Å²) in [6.07, 6.45) is 6.15. The van der Waals surface area contributed by atoms with E-state index in [9.17, 15) is 0 Å². The van der Waals surface area contributed by atoms with Gasteiger partial charge >= 0.3 is 0 Å². The molecule has 12 heavy (non-hydrogen) atoms. The Bertz CT molecular complexity index is 228. The molecule has 68 valence electrons. The Labute approximate surface area is 82.1 Å². The van der Waals surface area contributed by atoms with Crippen molar-refractivity contribution in [1.82, 2.24) is 9.55 Å². The lowest BCUT2D eigenvalue weighted by atomic mass is 10.0. The Balaban J connectivity index is 2.56. The first-order chi connectivity index (χ1) is 5.77. The van der Waals surface area contributed by atoms with Gasteiger partial charge in [0.25, 0.3) is 0 Å². The zero-order valence-corrected chi connectivity index (χ0v) is 9.21. The molecule has 0 aliphatic heterocycles. The SMILES string of the molecule is CCC(CBr)Cc1cncn1C. The van der Waals surface area contributed by atoms with E-state index in [1.165, 1.54) is 12.1 Å². The van der Waals surface area contributed by atoms with Crippen LogP contribution in [0.4, 0.5) is 0 Å². The quantitative estimate of drug-likeness (QED) is 0.727. The van der Waals surface area contributed by atoms with Gasteiger partial charge in [0.15, 0.2) is 0 Å². The minimum atomic E-state index is 0.736. The second-order valence-corrected chi connectivity index (χ2v) is 3.78. The van der Waals surface area contributed by atoms with Gasteiger partial charge in [0, 0.05) is 24.3 Å².